The molecule has 1 nitrogen and oxygen atoms in total. The molecule has 0 amide bonds. The molecule has 0 fully saturated rings. The lowest BCUT2D eigenvalue weighted by Gasteiger charge is -2.09. The number of Topliss-reactive ketones (excluding diaryl/α,β-unsaturated/α-hetero) is 1. The van der Waals surface area contributed by atoms with Gasteiger partial charge >= 0.3 is 0 Å². The zero-order valence-electron chi connectivity index (χ0n) is 7.28. The minimum atomic E-state index is 0.00574. The number of carbonyl (C=O) groups excluding carboxylic acids is 1. The normalized spacial score (nSPS) is 12.5. The van der Waals surface area contributed by atoms with Crippen LogP contribution >= 0.6 is 11.8 Å². The molecule has 0 bridgehead atoms. The molecule has 1 aromatic rings. The summed E-state index contributed by atoms with van der Waals surface area (Å²) >= 11 is 1.58. The van der Waals surface area contributed by atoms with E-state index in [1.807, 2.05) is 36.6 Å². The minimum absolute atomic E-state index is 0.00574. The number of hydrogen-bond donors (Lipinski definition) is 0. The van der Waals surface area contributed by atoms with Crippen LogP contribution < -0.4 is 0 Å². The molecule has 0 unspecified atom stereocenters. The fourth-order valence-corrected chi connectivity index (χ4v) is 1.93. The molecule has 0 spiro atoms. The Balaban J connectivity index is 2.88. The van der Waals surface area contributed by atoms with Gasteiger partial charge in [0, 0.05) is 0 Å². The van der Waals surface area contributed by atoms with E-state index in [4.69, 9.17) is 0 Å². The van der Waals surface area contributed by atoms with E-state index in [0.29, 0.717) is 0 Å². The van der Waals surface area contributed by atoms with Crippen molar-refractivity contribution in [1.29, 1.82) is 0 Å². The summed E-state index contributed by atoms with van der Waals surface area (Å²) in [6.45, 7) is 1.63. The first-order chi connectivity index (χ1) is 5.75. The van der Waals surface area contributed by atoms with Crippen molar-refractivity contribution in [2.75, 3.05) is 6.26 Å². The van der Waals surface area contributed by atoms with Crippen LogP contribution in [-0.4, -0.2) is 12.0 Å². The molecular weight excluding hydrogens is 168 g/mol. The first kappa shape index (κ1) is 9.33. The summed E-state index contributed by atoms with van der Waals surface area (Å²) < 4.78 is 0. The van der Waals surface area contributed by atoms with Gasteiger partial charge < -0.3 is 0 Å². The molecule has 0 aliphatic rings. The number of rotatable bonds is 3. The van der Waals surface area contributed by atoms with Gasteiger partial charge in [0.05, 0.1) is 5.25 Å². The van der Waals surface area contributed by atoms with Crippen LogP contribution in [0.1, 0.15) is 17.7 Å². The summed E-state index contributed by atoms with van der Waals surface area (Å²) in [5.74, 6) is 0.216. The summed E-state index contributed by atoms with van der Waals surface area (Å²) in [4.78, 5) is 11.2. The SMILES string of the molecule is CS[C@H](C(C)=O)c1ccccc1. The van der Waals surface area contributed by atoms with Crippen LogP contribution in [0.4, 0.5) is 0 Å². The van der Waals surface area contributed by atoms with Crippen LogP contribution in [0, 0.1) is 0 Å². The van der Waals surface area contributed by atoms with Crippen molar-refractivity contribution in [2.45, 2.75) is 12.2 Å². The van der Waals surface area contributed by atoms with Crippen molar-refractivity contribution in [3.63, 3.8) is 0 Å². The third kappa shape index (κ3) is 2.11. The largest absolute Gasteiger partial charge is 0.298 e. The molecule has 64 valence electrons. The van der Waals surface area contributed by atoms with Crippen molar-refractivity contribution >= 4 is 17.5 Å². The Kier molecular flexibility index (Phi) is 3.35. The maximum atomic E-state index is 11.2. The van der Waals surface area contributed by atoms with E-state index in [2.05, 4.69) is 0 Å². The lowest BCUT2D eigenvalue weighted by molar-refractivity contribution is -0.116. The molecule has 1 aromatic carbocycles. The second kappa shape index (κ2) is 4.31. The Morgan fingerprint density at radius 2 is 1.92 bits per heavy atom. The molecule has 12 heavy (non-hydrogen) atoms. The topological polar surface area (TPSA) is 17.1 Å². The first-order valence-corrected chi connectivity index (χ1v) is 5.12. The molecule has 0 saturated carbocycles. The summed E-state index contributed by atoms with van der Waals surface area (Å²) in [5.41, 5.74) is 1.09. The Morgan fingerprint density at radius 1 is 1.33 bits per heavy atom. The van der Waals surface area contributed by atoms with Crippen LogP contribution in [0.5, 0.6) is 0 Å². The lowest BCUT2D eigenvalue weighted by Crippen LogP contribution is -2.03. The van der Waals surface area contributed by atoms with Crippen molar-refractivity contribution in [1.82, 2.24) is 0 Å². The highest BCUT2D eigenvalue weighted by Gasteiger charge is 2.13. The van der Waals surface area contributed by atoms with Crippen LogP contribution in [0.15, 0.2) is 30.3 Å². The second-order valence-electron chi connectivity index (χ2n) is 2.64. The number of benzene rings is 1. The molecule has 2 heteroatoms. The third-order valence-electron chi connectivity index (χ3n) is 1.71. The molecule has 0 radical (unpaired) electrons. The molecule has 0 heterocycles. The van der Waals surface area contributed by atoms with E-state index in [9.17, 15) is 4.79 Å². The average molecular weight is 180 g/mol. The van der Waals surface area contributed by atoms with Crippen LogP contribution in [0.2, 0.25) is 0 Å². The molecule has 1 rings (SSSR count). The summed E-state index contributed by atoms with van der Waals surface area (Å²) in [6.07, 6.45) is 1.96. The van der Waals surface area contributed by atoms with Crippen molar-refractivity contribution in [3.8, 4) is 0 Å². The van der Waals surface area contributed by atoms with Gasteiger partial charge in [0.1, 0.15) is 5.78 Å². The number of carbonyl (C=O) groups is 1. The van der Waals surface area contributed by atoms with Gasteiger partial charge in [0.15, 0.2) is 0 Å². The maximum absolute atomic E-state index is 11.2. The smallest absolute Gasteiger partial charge is 0.147 e. The van der Waals surface area contributed by atoms with Gasteiger partial charge in [-0.2, -0.15) is 0 Å². The fourth-order valence-electron chi connectivity index (χ4n) is 1.16. The quantitative estimate of drug-likeness (QED) is 0.711. The van der Waals surface area contributed by atoms with E-state index in [0.717, 1.165) is 5.56 Å². The molecule has 0 saturated heterocycles. The van der Waals surface area contributed by atoms with Crippen LogP contribution in [0.25, 0.3) is 0 Å². The predicted molar refractivity (Wildman–Crippen MR) is 53.4 cm³/mol. The molecule has 1 atom stereocenters. The van der Waals surface area contributed by atoms with E-state index in [1.54, 1.807) is 18.7 Å². The molecular formula is C10H12OS. The van der Waals surface area contributed by atoms with Gasteiger partial charge in [0.2, 0.25) is 0 Å². The van der Waals surface area contributed by atoms with E-state index in [-0.39, 0.29) is 11.0 Å². The molecule has 0 aliphatic heterocycles. The number of thioether (sulfide) groups is 1. The minimum Gasteiger partial charge on any atom is -0.298 e. The first-order valence-electron chi connectivity index (χ1n) is 3.84. The molecule has 0 N–H and O–H groups in total. The predicted octanol–water partition coefficient (Wildman–Crippen LogP) is 2.68. The maximum Gasteiger partial charge on any atom is 0.147 e. The van der Waals surface area contributed by atoms with Crippen LogP contribution in [0.3, 0.4) is 0 Å². The van der Waals surface area contributed by atoms with Crippen molar-refractivity contribution in [2.24, 2.45) is 0 Å². The number of hydrogen-bond acceptors (Lipinski definition) is 2. The highest BCUT2D eigenvalue weighted by atomic mass is 32.2. The average Bonchev–Trinajstić information content (AvgIpc) is 2.07. The summed E-state index contributed by atoms with van der Waals surface area (Å²) in [5, 5.41) is 0.00574. The van der Waals surface area contributed by atoms with Crippen molar-refractivity contribution < 1.29 is 4.79 Å². The van der Waals surface area contributed by atoms with Crippen LogP contribution in [-0.2, 0) is 4.79 Å². The van der Waals surface area contributed by atoms with E-state index >= 15 is 0 Å². The van der Waals surface area contributed by atoms with Gasteiger partial charge in [-0.25, -0.2) is 0 Å². The Labute approximate surface area is 77.2 Å². The molecule has 0 aliphatic carbocycles. The summed E-state index contributed by atoms with van der Waals surface area (Å²) in [7, 11) is 0. The fraction of sp³-hybridized carbons (Fsp3) is 0.300. The highest BCUT2D eigenvalue weighted by Crippen LogP contribution is 2.26. The van der Waals surface area contributed by atoms with Gasteiger partial charge in [-0.05, 0) is 18.7 Å². The zero-order chi connectivity index (χ0) is 8.97. The standard InChI is InChI=1S/C10H12OS/c1-8(11)10(12-2)9-6-4-3-5-7-9/h3-7,10H,1-2H3/t10-/m1/s1. The van der Waals surface area contributed by atoms with Gasteiger partial charge in [-0.3, -0.25) is 4.79 Å². The van der Waals surface area contributed by atoms with Gasteiger partial charge in [0.25, 0.3) is 0 Å². The Morgan fingerprint density at radius 3 is 2.33 bits per heavy atom. The lowest BCUT2D eigenvalue weighted by atomic mass is 10.1. The monoisotopic (exact) mass is 180 g/mol. The third-order valence-corrected chi connectivity index (χ3v) is 2.78. The Hall–Kier alpha value is -0.760. The highest BCUT2D eigenvalue weighted by molar-refractivity contribution is 7.99. The number of ketones is 1. The van der Waals surface area contributed by atoms with E-state index < -0.39 is 0 Å². The second-order valence-corrected chi connectivity index (χ2v) is 3.58. The van der Waals surface area contributed by atoms with Gasteiger partial charge in [-0.1, -0.05) is 30.3 Å². The summed E-state index contributed by atoms with van der Waals surface area (Å²) in [6, 6.07) is 9.86. The molecule has 0 aromatic heterocycles. The van der Waals surface area contributed by atoms with Gasteiger partial charge in [-0.15, -0.1) is 11.8 Å². The zero-order valence-corrected chi connectivity index (χ0v) is 8.10. The Bertz CT molecular complexity index is 256. The van der Waals surface area contributed by atoms with E-state index in [1.165, 1.54) is 0 Å². The van der Waals surface area contributed by atoms with Crippen molar-refractivity contribution in [3.05, 3.63) is 35.9 Å².